The number of hydrogen-bond acceptors (Lipinski definition) is 7. The number of nitrogen functional groups attached to an aromatic ring is 1. The molecule has 28 heavy (non-hydrogen) atoms. The van der Waals surface area contributed by atoms with Crippen LogP contribution in [-0.2, 0) is 5.75 Å². The average Bonchev–Trinajstić information content (AvgIpc) is 3.22. The smallest absolute Gasteiger partial charge is 0.354 e. The van der Waals surface area contributed by atoms with Crippen LogP contribution in [0.3, 0.4) is 0 Å². The van der Waals surface area contributed by atoms with Crippen molar-refractivity contribution in [2.24, 2.45) is 0 Å². The second kappa shape index (κ2) is 7.25. The van der Waals surface area contributed by atoms with Crippen molar-refractivity contribution in [3.05, 3.63) is 58.5 Å². The average molecular weight is 412 g/mol. The number of carboxylic acid groups (broad SMARTS) is 1. The highest BCUT2D eigenvalue weighted by molar-refractivity contribution is 7.98. The molecule has 3 aromatic heterocycles. The Labute approximate surface area is 169 Å². The van der Waals surface area contributed by atoms with Crippen LogP contribution < -0.4 is 5.73 Å². The van der Waals surface area contributed by atoms with Crippen molar-refractivity contribution in [3.63, 3.8) is 0 Å². The first kappa shape index (κ1) is 18.5. The van der Waals surface area contributed by atoms with Crippen LogP contribution in [0.25, 0.3) is 15.9 Å². The molecule has 0 aliphatic heterocycles. The molecule has 0 fully saturated rings. The number of thiophene rings is 1. The maximum absolute atomic E-state index is 11.6. The van der Waals surface area contributed by atoms with Crippen molar-refractivity contribution in [1.82, 2.24) is 19.5 Å². The summed E-state index contributed by atoms with van der Waals surface area (Å²) in [6.45, 7) is 4.06. The third kappa shape index (κ3) is 3.23. The third-order valence-corrected chi connectivity index (χ3v) is 6.45. The van der Waals surface area contributed by atoms with Crippen LogP contribution in [0.15, 0.2) is 41.7 Å². The summed E-state index contributed by atoms with van der Waals surface area (Å²) in [6, 6.07) is 9.28. The molecule has 0 saturated heterocycles. The molecule has 9 heteroatoms. The first-order valence-corrected chi connectivity index (χ1v) is 10.3. The molecule has 0 aliphatic carbocycles. The van der Waals surface area contributed by atoms with Crippen LogP contribution in [0.2, 0.25) is 0 Å². The van der Waals surface area contributed by atoms with E-state index in [1.165, 1.54) is 22.8 Å². The molecule has 1 aromatic carbocycles. The minimum Gasteiger partial charge on any atom is -0.477 e. The van der Waals surface area contributed by atoms with Crippen molar-refractivity contribution in [2.45, 2.75) is 24.8 Å². The van der Waals surface area contributed by atoms with Crippen molar-refractivity contribution in [3.8, 4) is 5.69 Å². The lowest BCUT2D eigenvalue weighted by atomic mass is 10.2. The number of aryl methyl sites for hydroxylation is 2. The number of benzene rings is 1. The summed E-state index contributed by atoms with van der Waals surface area (Å²) >= 11 is 2.97. The Hall–Kier alpha value is -2.91. The molecular formula is C19H17N5O2S2. The zero-order valence-electron chi connectivity index (χ0n) is 15.2. The molecule has 0 radical (unpaired) electrons. The van der Waals surface area contributed by atoms with E-state index in [-0.39, 0.29) is 5.69 Å². The quantitative estimate of drug-likeness (QED) is 0.477. The number of hydrogen-bond donors (Lipinski definition) is 2. The number of aromatic carboxylic acids is 1. The number of carbonyl (C=O) groups is 1. The highest BCUT2D eigenvalue weighted by atomic mass is 32.2. The molecule has 0 atom stereocenters. The molecular weight excluding hydrogens is 394 g/mol. The van der Waals surface area contributed by atoms with Gasteiger partial charge in [0.1, 0.15) is 16.5 Å². The zero-order valence-corrected chi connectivity index (χ0v) is 16.8. The summed E-state index contributed by atoms with van der Waals surface area (Å²) in [6.07, 6.45) is 1.36. The maximum atomic E-state index is 11.6. The van der Waals surface area contributed by atoms with Crippen LogP contribution in [0.1, 0.15) is 26.8 Å². The lowest BCUT2D eigenvalue weighted by Crippen LogP contribution is -2.07. The van der Waals surface area contributed by atoms with E-state index in [1.54, 1.807) is 15.9 Å². The molecule has 0 unspecified atom stereocenters. The highest BCUT2D eigenvalue weighted by Gasteiger charge is 2.19. The Morgan fingerprint density at radius 2 is 2.00 bits per heavy atom. The fourth-order valence-electron chi connectivity index (χ4n) is 2.93. The minimum absolute atomic E-state index is 0.106. The van der Waals surface area contributed by atoms with Gasteiger partial charge in [-0.1, -0.05) is 30.0 Å². The molecule has 0 bridgehead atoms. The predicted molar refractivity (Wildman–Crippen MR) is 111 cm³/mol. The number of anilines is 1. The lowest BCUT2D eigenvalue weighted by Gasteiger charge is -2.09. The lowest BCUT2D eigenvalue weighted by molar-refractivity contribution is 0.0687. The second-order valence-electron chi connectivity index (χ2n) is 6.18. The van der Waals surface area contributed by atoms with Gasteiger partial charge < -0.3 is 10.8 Å². The molecule has 142 valence electrons. The molecule has 0 aliphatic rings. The van der Waals surface area contributed by atoms with Gasteiger partial charge in [-0.15, -0.1) is 11.3 Å². The molecule has 0 saturated carbocycles. The summed E-state index contributed by atoms with van der Waals surface area (Å²) in [5.74, 6) is 0.462. The topological polar surface area (TPSA) is 107 Å². The monoisotopic (exact) mass is 411 g/mol. The number of thioether (sulfide) groups is 1. The van der Waals surface area contributed by atoms with E-state index in [1.807, 2.05) is 44.2 Å². The summed E-state index contributed by atoms with van der Waals surface area (Å²) < 4.78 is 1.62. The normalized spacial score (nSPS) is 11.2. The van der Waals surface area contributed by atoms with Gasteiger partial charge >= 0.3 is 5.97 Å². The number of para-hydroxylation sites is 1. The number of fused-ring (bicyclic) bond motifs is 1. The number of nitrogens with zero attached hydrogens (tertiary/aromatic N) is 4. The van der Waals surface area contributed by atoms with Gasteiger partial charge in [0, 0.05) is 10.6 Å². The summed E-state index contributed by atoms with van der Waals surface area (Å²) in [4.78, 5) is 27.0. The summed E-state index contributed by atoms with van der Waals surface area (Å²) in [5, 5.41) is 11.0. The van der Waals surface area contributed by atoms with Crippen LogP contribution >= 0.6 is 23.1 Å². The molecule has 3 N–H and O–H groups in total. The third-order valence-electron chi connectivity index (χ3n) is 4.40. The van der Waals surface area contributed by atoms with Crippen LogP contribution in [0.4, 0.5) is 5.82 Å². The van der Waals surface area contributed by atoms with Crippen LogP contribution in [0.5, 0.6) is 0 Å². The molecule has 3 heterocycles. The fourth-order valence-corrected chi connectivity index (χ4v) is 4.84. The minimum atomic E-state index is -1.03. The van der Waals surface area contributed by atoms with Gasteiger partial charge in [-0.2, -0.15) is 0 Å². The number of rotatable bonds is 5. The standard InChI is InChI=1S/C19H17N5O2S2/c1-10-11(2)28-17-15(10)16(20)22-14(23-17)9-27-19-21-8-13(18(25)26)24(19)12-6-4-3-5-7-12/h3-8H,9H2,1-2H3,(H,25,26)(H2,20,22,23). The van der Waals surface area contributed by atoms with Crippen LogP contribution in [-0.4, -0.2) is 30.6 Å². The second-order valence-corrected chi connectivity index (χ2v) is 8.32. The van der Waals surface area contributed by atoms with Crippen LogP contribution in [0, 0.1) is 13.8 Å². The van der Waals surface area contributed by atoms with Gasteiger partial charge in [-0.3, -0.25) is 4.57 Å². The summed E-state index contributed by atoms with van der Waals surface area (Å²) in [5.41, 5.74) is 8.11. The van der Waals surface area contributed by atoms with Crippen molar-refractivity contribution in [1.29, 1.82) is 0 Å². The molecule has 7 nitrogen and oxygen atoms in total. The Balaban J connectivity index is 1.68. The van der Waals surface area contributed by atoms with Crippen molar-refractivity contribution < 1.29 is 9.90 Å². The number of carboxylic acids is 1. The highest BCUT2D eigenvalue weighted by Crippen LogP contribution is 2.33. The first-order chi connectivity index (χ1) is 13.5. The van der Waals surface area contributed by atoms with Gasteiger partial charge in [0.05, 0.1) is 17.3 Å². The number of nitrogens with two attached hydrogens (primary N) is 1. The van der Waals surface area contributed by atoms with E-state index < -0.39 is 5.97 Å². The van der Waals surface area contributed by atoms with E-state index >= 15 is 0 Å². The number of imidazole rings is 1. The van der Waals surface area contributed by atoms with Crippen molar-refractivity contribution >= 4 is 45.1 Å². The van der Waals surface area contributed by atoms with Gasteiger partial charge in [-0.25, -0.2) is 19.7 Å². The predicted octanol–water partition coefficient (Wildman–Crippen LogP) is 4.07. The Morgan fingerprint density at radius 1 is 1.25 bits per heavy atom. The van der Waals surface area contributed by atoms with E-state index in [2.05, 4.69) is 15.0 Å². The molecule has 0 amide bonds. The maximum Gasteiger partial charge on any atom is 0.354 e. The molecule has 4 rings (SSSR count). The van der Waals surface area contributed by atoms with Crippen molar-refractivity contribution in [2.75, 3.05) is 5.73 Å². The fraction of sp³-hybridized carbons (Fsp3) is 0.158. The Bertz CT molecular complexity index is 1180. The van der Waals surface area contributed by atoms with Gasteiger partial charge in [-0.05, 0) is 31.5 Å². The summed E-state index contributed by atoms with van der Waals surface area (Å²) in [7, 11) is 0. The molecule has 0 spiro atoms. The molecule has 4 aromatic rings. The van der Waals surface area contributed by atoms with Gasteiger partial charge in [0.25, 0.3) is 0 Å². The largest absolute Gasteiger partial charge is 0.477 e. The van der Waals surface area contributed by atoms with E-state index in [4.69, 9.17) is 5.73 Å². The van der Waals surface area contributed by atoms with E-state index in [9.17, 15) is 9.90 Å². The number of aromatic nitrogens is 4. The SMILES string of the molecule is Cc1sc2nc(CSc3ncc(C(=O)O)n3-c3ccccc3)nc(N)c2c1C. The zero-order chi connectivity index (χ0) is 19.8. The van der Waals surface area contributed by atoms with E-state index in [0.717, 1.165) is 21.5 Å². The van der Waals surface area contributed by atoms with E-state index in [0.29, 0.717) is 22.6 Å². The Kier molecular flexibility index (Phi) is 4.78. The van der Waals surface area contributed by atoms with Gasteiger partial charge in [0.15, 0.2) is 10.9 Å². The first-order valence-electron chi connectivity index (χ1n) is 8.47. The van der Waals surface area contributed by atoms with Gasteiger partial charge in [0.2, 0.25) is 0 Å². The Morgan fingerprint density at radius 3 is 2.71 bits per heavy atom.